The highest BCUT2D eigenvalue weighted by molar-refractivity contribution is 5.89. The molecule has 0 radical (unpaired) electrons. The van der Waals surface area contributed by atoms with E-state index in [9.17, 15) is 15.0 Å². The number of ether oxygens (including phenoxy) is 1. The molecule has 2 amide bonds. The summed E-state index contributed by atoms with van der Waals surface area (Å²) in [6.45, 7) is 1.62. The van der Waals surface area contributed by atoms with Crippen LogP contribution in [-0.2, 0) is 0 Å². The molecule has 8 nitrogen and oxygen atoms in total. The van der Waals surface area contributed by atoms with E-state index >= 15 is 0 Å². The highest BCUT2D eigenvalue weighted by Gasteiger charge is 2.51. The van der Waals surface area contributed by atoms with Crippen LogP contribution in [0.3, 0.4) is 0 Å². The number of hydrogen-bond acceptors (Lipinski definition) is 6. The Labute approximate surface area is 242 Å². The first-order chi connectivity index (χ1) is 19.8. The van der Waals surface area contributed by atoms with Gasteiger partial charge in [-0.05, 0) is 68.2 Å². The summed E-state index contributed by atoms with van der Waals surface area (Å²) in [6, 6.07) is 25.2. The molecule has 214 valence electrons. The Balaban J connectivity index is 1.38. The maximum absolute atomic E-state index is 13.4. The van der Waals surface area contributed by atoms with E-state index in [1.54, 1.807) is 36.3 Å². The maximum Gasteiger partial charge on any atom is 0.321 e. The molecule has 0 saturated carbocycles. The van der Waals surface area contributed by atoms with Gasteiger partial charge in [0.15, 0.2) is 0 Å². The first-order valence-electron chi connectivity index (χ1n) is 14.0. The molecule has 0 bridgehead atoms. The summed E-state index contributed by atoms with van der Waals surface area (Å²) in [5.74, 6) is 7.30. The van der Waals surface area contributed by atoms with Crippen LogP contribution in [0.2, 0.25) is 0 Å². The number of hydrogen-bond donors (Lipinski definition) is 3. The van der Waals surface area contributed by atoms with Crippen LogP contribution in [0.1, 0.15) is 22.6 Å². The lowest BCUT2D eigenvalue weighted by Crippen LogP contribution is -2.71. The maximum atomic E-state index is 13.4. The Morgan fingerprint density at radius 3 is 2.17 bits per heavy atom. The van der Waals surface area contributed by atoms with E-state index in [0.29, 0.717) is 24.5 Å². The number of carbonyl (C=O) groups is 1. The lowest BCUT2D eigenvalue weighted by atomic mass is 9.73. The number of carbonyl (C=O) groups excluding carboxylic acids is 1. The van der Waals surface area contributed by atoms with Crippen LogP contribution in [0.25, 0.3) is 0 Å². The molecule has 2 aliphatic rings. The van der Waals surface area contributed by atoms with E-state index in [0.717, 1.165) is 17.7 Å². The average molecular weight is 555 g/mol. The van der Waals surface area contributed by atoms with Gasteiger partial charge in [0, 0.05) is 54.5 Å². The monoisotopic (exact) mass is 554 g/mol. The van der Waals surface area contributed by atoms with Crippen molar-refractivity contribution in [3.05, 3.63) is 95.6 Å². The molecule has 3 aromatic rings. The van der Waals surface area contributed by atoms with Gasteiger partial charge in [0.1, 0.15) is 5.75 Å². The van der Waals surface area contributed by atoms with Gasteiger partial charge in [-0.2, -0.15) is 0 Å². The molecule has 8 heteroatoms. The molecule has 2 aliphatic heterocycles. The second-order valence-electron chi connectivity index (χ2n) is 11.1. The van der Waals surface area contributed by atoms with Gasteiger partial charge in [-0.25, -0.2) is 4.79 Å². The molecule has 3 aromatic carbocycles. The predicted octanol–water partition coefficient (Wildman–Crippen LogP) is 3.06. The number of aliphatic hydroxyl groups excluding tert-OH is 2. The van der Waals surface area contributed by atoms with Gasteiger partial charge in [-0.1, -0.05) is 42.2 Å². The third-order valence-electron chi connectivity index (χ3n) is 7.94. The fraction of sp³-hybridized carbons (Fsp3) is 0.364. The third kappa shape index (κ3) is 6.72. The minimum Gasteiger partial charge on any atom is -0.497 e. The molecule has 2 saturated heterocycles. The van der Waals surface area contributed by atoms with Crippen LogP contribution in [0.15, 0.2) is 78.9 Å². The molecule has 0 aliphatic carbocycles. The lowest BCUT2D eigenvalue weighted by molar-refractivity contribution is -0.105. The fourth-order valence-corrected chi connectivity index (χ4v) is 5.82. The fourth-order valence-electron chi connectivity index (χ4n) is 5.82. The Kier molecular flexibility index (Phi) is 8.91. The Morgan fingerprint density at radius 2 is 1.54 bits per heavy atom. The molecular formula is C33H38N4O4. The quantitative estimate of drug-likeness (QED) is 0.421. The van der Waals surface area contributed by atoms with Gasteiger partial charge >= 0.3 is 6.03 Å². The molecule has 0 spiro atoms. The number of aliphatic hydroxyl groups is 2. The number of nitrogens with one attached hydrogen (secondary N) is 1. The second kappa shape index (κ2) is 12.8. The highest BCUT2D eigenvalue weighted by Crippen LogP contribution is 2.42. The molecule has 5 atom stereocenters. The first-order valence-corrected chi connectivity index (χ1v) is 14.0. The Hall–Kier alpha value is -3.87. The highest BCUT2D eigenvalue weighted by atomic mass is 16.5. The van der Waals surface area contributed by atoms with Crippen LogP contribution in [0.4, 0.5) is 10.5 Å². The normalized spacial score (nSPS) is 24.2. The second-order valence-corrected chi connectivity index (χ2v) is 11.1. The lowest BCUT2D eigenvalue weighted by Gasteiger charge is -2.59. The van der Waals surface area contributed by atoms with Gasteiger partial charge < -0.3 is 30.1 Å². The Morgan fingerprint density at radius 1 is 0.902 bits per heavy atom. The van der Waals surface area contributed by atoms with Crippen molar-refractivity contribution in [2.75, 3.05) is 52.7 Å². The summed E-state index contributed by atoms with van der Waals surface area (Å²) in [6.07, 6.45) is -2.01. The molecule has 0 aromatic heterocycles. The summed E-state index contributed by atoms with van der Waals surface area (Å²) in [7, 11) is 5.67. The van der Waals surface area contributed by atoms with E-state index in [-0.39, 0.29) is 30.6 Å². The van der Waals surface area contributed by atoms with Crippen molar-refractivity contribution in [2.24, 2.45) is 0 Å². The third-order valence-corrected chi connectivity index (χ3v) is 7.94. The summed E-state index contributed by atoms with van der Waals surface area (Å²) >= 11 is 0. The van der Waals surface area contributed by atoms with Gasteiger partial charge in [0.2, 0.25) is 0 Å². The Bertz CT molecular complexity index is 1370. The number of anilines is 1. The molecule has 41 heavy (non-hydrogen) atoms. The average Bonchev–Trinajstić information content (AvgIpc) is 2.98. The zero-order valence-electron chi connectivity index (χ0n) is 23.8. The van der Waals surface area contributed by atoms with Crippen molar-refractivity contribution < 1.29 is 19.7 Å². The van der Waals surface area contributed by atoms with Crippen LogP contribution < -0.4 is 10.1 Å². The smallest absolute Gasteiger partial charge is 0.321 e. The molecular weight excluding hydrogens is 516 g/mol. The predicted molar refractivity (Wildman–Crippen MR) is 160 cm³/mol. The van der Waals surface area contributed by atoms with E-state index in [2.05, 4.69) is 51.2 Å². The van der Waals surface area contributed by atoms with Gasteiger partial charge in [0.25, 0.3) is 0 Å². The van der Waals surface area contributed by atoms with Crippen molar-refractivity contribution in [1.82, 2.24) is 14.7 Å². The molecule has 3 N–H and O–H groups in total. The van der Waals surface area contributed by atoms with Crippen LogP contribution >= 0.6 is 0 Å². The summed E-state index contributed by atoms with van der Waals surface area (Å²) in [5.41, 5.74) is 3.72. The van der Waals surface area contributed by atoms with Gasteiger partial charge in [0.05, 0.1) is 25.9 Å². The van der Waals surface area contributed by atoms with Gasteiger partial charge in [-0.15, -0.1) is 0 Å². The minimum atomic E-state index is -1.04. The molecule has 2 heterocycles. The molecule has 2 fully saturated rings. The van der Waals surface area contributed by atoms with Gasteiger partial charge in [-0.3, -0.25) is 4.90 Å². The van der Waals surface area contributed by atoms with Crippen LogP contribution in [-0.4, -0.2) is 103 Å². The number of rotatable bonds is 5. The molecule has 5 rings (SSSR count). The van der Waals surface area contributed by atoms with Crippen molar-refractivity contribution in [1.29, 1.82) is 0 Å². The topological polar surface area (TPSA) is 88.5 Å². The van der Waals surface area contributed by atoms with E-state index in [1.165, 1.54) is 5.56 Å². The number of β-amino-alcohol motifs (C(OH)–C–C–N with tert-alkyl or cyclic N) is 1. The van der Waals surface area contributed by atoms with Crippen molar-refractivity contribution in [3.63, 3.8) is 0 Å². The first kappa shape index (κ1) is 28.7. The number of likely N-dealkylation sites (N-methyl/N-ethyl adjacent to an activating group) is 1. The van der Waals surface area contributed by atoms with Crippen molar-refractivity contribution >= 4 is 11.7 Å². The van der Waals surface area contributed by atoms with Crippen molar-refractivity contribution in [3.8, 4) is 17.6 Å². The summed E-state index contributed by atoms with van der Waals surface area (Å²) < 4.78 is 5.21. The summed E-state index contributed by atoms with van der Waals surface area (Å²) in [4.78, 5) is 19.4. The zero-order chi connectivity index (χ0) is 28.9. The van der Waals surface area contributed by atoms with E-state index in [1.807, 2.05) is 44.4 Å². The van der Waals surface area contributed by atoms with Crippen LogP contribution in [0.5, 0.6) is 5.75 Å². The summed E-state index contributed by atoms with van der Waals surface area (Å²) in [5, 5.41) is 24.5. The van der Waals surface area contributed by atoms with E-state index < -0.39 is 12.2 Å². The number of benzene rings is 3. The van der Waals surface area contributed by atoms with Crippen molar-refractivity contribution in [2.45, 2.75) is 30.2 Å². The number of amides is 2. The number of nitrogens with zero attached hydrogens (tertiary/aromatic N) is 3. The van der Waals surface area contributed by atoms with Crippen LogP contribution in [0, 0.1) is 11.8 Å². The largest absolute Gasteiger partial charge is 0.497 e. The van der Waals surface area contributed by atoms with E-state index in [4.69, 9.17) is 4.74 Å². The zero-order valence-corrected chi connectivity index (χ0v) is 23.8. The minimum absolute atomic E-state index is 0.00929. The SMILES string of the molecule is COc1ccc(NC(=O)N2C[C@H](O)[C@H](O)CN3[C@H](CN(C)C)C(c4ccc(C#Cc5ccccc5)cc4)[C@@H]3C2)cc1. The standard InChI is InChI=1S/C33H38N4O4/c1-35(2)19-28-32(25-13-11-24(12-14-25)10-9-23-7-5-4-6-8-23)29-20-36(21-30(38)31(39)22-37(28)29)33(40)34-26-15-17-27(41-3)18-16-26/h4-8,11-18,28-32,38-39H,19-22H2,1-3H3,(H,34,40)/t28-,29+,30+,31-,32?/m1/s1. The number of fused-ring (bicyclic) bond motifs is 1. The molecule has 1 unspecified atom stereocenters. The number of methoxy groups -OCH3 is 1. The number of urea groups is 1.